The van der Waals surface area contributed by atoms with Crippen molar-refractivity contribution in [1.29, 1.82) is 0 Å². The van der Waals surface area contributed by atoms with E-state index in [1.54, 1.807) is 0 Å². The molecule has 0 aromatic heterocycles. The lowest BCUT2D eigenvalue weighted by atomic mass is 10.1. The molecule has 2 rings (SSSR count). The zero-order valence-electron chi connectivity index (χ0n) is 12.2. The second kappa shape index (κ2) is 6.69. The average molecular weight is 263 g/mol. The van der Waals surface area contributed by atoms with Gasteiger partial charge in [-0.05, 0) is 51.2 Å². The summed E-state index contributed by atoms with van der Waals surface area (Å²) >= 11 is 0. The Kier molecular flexibility index (Phi) is 4.94. The van der Waals surface area contributed by atoms with Crippen LogP contribution in [0.4, 0.5) is 5.69 Å². The van der Waals surface area contributed by atoms with Gasteiger partial charge in [0, 0.05) is 12.1 Å². The fourth-order valence-electron chi connectivity index (χ4n) is 2.72. The first kappa shape index (κ1) is 14.0. The van der Waals surface area contributed by atoms with E-state index in [0.717, 1.165) is 23.1 Å². The molecule has 2 unspecified atom stereocenters. The molecule has 0 amide bonds. The van der Waals surface area contributed by atoms with E-state index in [1.165, 1.54) is 19.3 Å². The summed E-state index contributed by atoms with van der Waals surface area (Å²) in [4.78, 5) is 0. The van der Waals surface area contributed by atoms with Crippen LogP contribution in [0.25, 0.3) is 0 Å². The highest BCUT2D eigenvalue weighted by Gasteiger charge is 2.22. The van der Waals surface area contributed by atoms with Gasteiger partial charge in [0.05, 0.1) is 18.9 Å². The molecule has 2 atom stereocenters. The third-order valence-corrected chi connectivity index (χ3v) is 3.62. The number of rotatable bonds is 6. The number of hydrogen-bond donors (Lipinski definition) is 1. The Morgan fingerprint density at radius 1 is 1.16 bits per heavy atom. The van der Waals surface area contributed by atoms with Crippen LogP contribution >= 0.6 is 0 Å². The molecule has 1 N–H and O–H groups in total. The molecule has 1 aliphatic rings. The molecule has 1 aromatic rings. The van der Waals surface area contributed by atoms with Gasteiger partial charge in [-0.1, -0.05) is 6.92 Å². The maximum atomic E-state index is 5.69. The van der Waals surface area contributed by atoms with Crippen LogP contribution in [0.1, 0.15) is 40.0 Å². The second-order valence-corrected chi connectivity index (χ2v) is 5.28. The van der Waals surface area contributed by atoms with Crippen LogP contribution in [0.5, 0.6) is 11.5 Å². The van der Waals surface area contributed by atoms with Gasteiger partial charge >= 0.3 is 0 Å². The number of nitrogens with one attached hydrogen (secondary N) is 1. The van der Waals surface area contributed by atoms with E-state index in [4.69, 9.17) is 9.47 Å². The van der Waals surface area contributed by atoms with Gasteiger partial charge in [0.1, 0.15) is 11.5 Å². The number of anilines is 1. The highest BCUT2D eigenvalue weighted by Crippen LogP contribution is 2.34. The maximum Gasteiger partial charge on any atom is 0.142 e. The summed E-state index contributed by atoms with van der Waals surface area (Å²) in [5.74, 6) is 2.65. The van der Waals surface area contributed by atoms with Gasteiger partial charge < -0.3 is 14.8 Å². The summed E-state index contributed by atoms with van der Waals surface area (Å²) in [5.41, 5.74) is 1.06. The summed E-state index contributed by atoms with van der Waals surface area (Å²) < 4.78 is 11.3. The molecule has 1 aliphatic carbocycles. The fourth-order valence-corrected chi connectivity index (χ4v) is 2.72. The fraction of sp³-hybridized carbons (Fsp3) is 0.625. The van der Waals surface area contributed by atoms with Gasteiger partial charge in [0.25, 0.3) is 0 Å². The van der Waals surface area contributed by atoms with Gasteiger partial charge in [-0.3, -0.25) is 0 Å². The van der Waals surface area contributed by atoms with Crippen LogP contribution in [0.3, 0.4) is 0 Å². The smallest absolute Gasteiger partial charge is 0.142 e. The lowest BCUT2D eigenvalue weighted by Crippen LogP contribution is -2.16. The topological polar surface area (TPSA) is 30.5 Å². The van der Waals surface area contributed by atoms with Crippen molar-refractivity contribution >= 4 is 5.69 Å². The van der Waals surface area contributed by atoms with E-state index in [1.807, 2.05) is 26.0 Å². The Hall–Kier alpha value is -1.38. The van der Waals surface area contributed by atoms with E-state index in [2.05, 4.69) is 18.3 Å². The Labute approximate surface area is 116 Å². The Bertz CT molecular complexity index is 406. The molecule has 1 fully saturated rings. The SMILES string of the molecule is CCOc1ccc(OCC)c(NC2CCC(C)C2)c1. The summed E-state index contributed by atoms with van der Waals surface area (Å²) in [6.07, 6.45) is 3.79. The van der Waals surface area contributed by atoms with Crippen molar-refractivity contribution < 1.29 is 9.47 Å². The summed E-state index contributed by atoms with van der Waals surface area (Å²) in [6.45, 7) is 7.71. The molecule has 19 heavy (non-hydrogen) atoms. The van der Waals surface area contributed by atoms with Crippen LogP contribution in [-0.2, 0) is 0 Å². The third-order valence-electron chi connectivity index (χ3n) is 3.62. The Morgan fingerprint density at radius 2 is 1.95 bits per heavy atom. The zero-order chi connectivity index (χ0) is 13.7. The molecular formula is C16H25NO2. The standard InChI is InChI=1S/C16H25NO2/c1-4-18-14-8-9-16(19-5-2)15(11-14)17-13-7-6-12(3)10-13/h8-9,11-13,17H,4-7,10H2,1-3H3. The van der Waals surface area contributed by atoms with E-state index in [0.29, 0.717) is 19.3 Å². The average Bonchev–Trinajstić information content (AvgIpc) is 2.79. The van der Waals surface area contributed by atoms with E-state index < -0.39 is 0 Å². The van der Waals surface area contributed by atoms with Crippen molar-refractivity contribution in [1.82, 2.24) is 0 Å². The lowest BCUT2D eigenvalue weighted by molar-refractivity contribution is 0.331. The molecule has 3 nitrogen and oxygen atoms in total. The van der Waals surface area contributed by atoms with E-state index in [-0.39, 0.29) is 0 Å². The van der Waals surface area contributed by atoms with Crippen molar-refractivity contribution in [3.63, 3.8) is 0 Å². The molecule has 0 heterocycles. The van der Waals surface area contributed by atoms with Gasteiger partial charge in [0.2, 0.25) is 0 Å². The predicted octanol–water partition coefficient (Wildman–Crippen LogP) is 4.08. The summed E-state index contributed by atoms with van der Waals surface area (Å²) in [5, 5.41) is 3.62. The highest BCUT2D eigenvalue weighted by molar-refractivity contribution is 5.60. The first-order chi connectivity index (χ1) is 9.22. The molecule has 0 radical (unpaired) electrons. The highest BCUT2D eigenvalue weighted by atomic mass is 16.5. The normalized spacial score (nSPS) is 22.3. The monoisotopic (exact) mass is 263 g/mol. The molecule has 1 saturated carbocycles. The number of ether oxygens (including phenoxy) is 2. The van der Waals surface area contributed by atoms with Crippen molar-refractivity contribution in [3.05, 3.63) is 18.2 Å². The third kappa shape index (κ3) is 3.79. The van der Waals surface area contributed by atoms with Crippen LogP contribution < -0.4 is 14.8 Å². The molecule has 0 aliphatic heterocycles. The summed E-state index contributed by atoms with van der Waals surface area (Å²) in [6, 6.07) is 6.58. The van der Waals surface area contributed by atoms with Crippen LogP contribution in [0.2, 0.25) is 0 Å². The first-order valence-corrected chi connectivity index (χ1v) is 7.39. The largest absolute Gasteiger partial charge is 0.494 e. The second-order valence-electron chi connectivity index (χ2n) is 5.28. The minimum atomic E-state index is 0.561. The molecule has 106 valence electrons. The van der Waals surface area contributed by atoms with Gasteiger partial charge in [0.15, 0.2) is 0 Å². The molecule has 0 saturated heterocycles. The molecule has 0 spiro atoms. The number of hydrogen-bond acceptors (Lipinski definition) is 3. The van der Waals surface area contributed by atoms with Crippen LogP contribution in [0, 0.1) is 5.92 Å². The minimum Gasteiger partial charge on any atom is -0.494 e. The van der Waals surface area contributed by atoms with Crippen LogP contribution in [0.15, 0.2) is 18.2 Å². The zero-order valence-corrected chi connectivity index (χ0v) is 12.2. The van der Waals surface area contributed by atoms with Gasteiger partial charge in [-0.2, -0.15) is 0 Å². The minimum absolute atomic E-state index is 0.561. The maximum absolute atomic E-state index is 5.69. The molecule has 3 heteroatoms. The van der Waals surface area contributed by atoms with Gasteiger partial charge in [-0.15, -0.1) is 0 Å². The van der Waals surface area contributed by atoms with Crippen molar-refractivity contribution in [2.45, 2.75) is 46.1 Å². The molecule has 1 aromatic carbocycles. The summed E-state index contributed by atoms with van der Waals surface area (Å²) in [7, 11) is 0. The molecule has 0 bridgehead atoms. The van der Waals surface area contributed by atoms with Gasteiger partial charge in [-0.25, -0.2) is 0 Å². The van der Waals surface area contributed by atoms with E-state index >= 15 is 0 Å². The Balaban J connectivity index is 2.12. The van der Waals surface area contributed by atoms with Crippen molar-refractivity contribution in [3.8, 4) is 11.5 Å². The quantitative estimate of drug-likeness (QED) is 0.838. The van der Waals surface area contributed by atoms with E-state index in [9.17, 15) is 0 Å². The predicted molar refractivity (Wildman–Crippen MR) is 79.2 cm³/mol. The molecular weight excluding hydrogens is 238 g/mol. The number of benzene rings is 1. The van der Waals surface area contributed by atoms with Crippen molar-refractivity contribution in [2.24, 2.45) is 5.92 Å². The lowest BCUT2D eigenvalue weighted by Gasteiger charge is -2.18. The Morgan fingerprint density at radius 3 is 2.58 bits per heavy atom. The first-order valence-electron chi connectivity index (χ1n) is 7.39. The van der Waals surface area contributed by atoms with Crippen molar-refractivity contribution in [2.75, 3.05) is 18.5 Å². The van der Waals surface area contributed by atoms with Crippen LogP contribution in [-0.4, -0.2) is 19.3 Å².